The highest BCUT2D eigenvalue weighted by Gasteiger charge is 2.43. The molecule has 7 heteroatoms. The van der Waals surface area contributed by atoms with Crippen molar-refractivity contribution in [3.8, 4) is 11.3 Å². The number of nitrogens with two attached hydrogens (primary N) is 1. The maximum Gasteiger partial charge on any atom is 0.238 e. The van der Waals surface area contributed by atoms with Crippen molar-refractivity contribution in [1.82, 2.24) is 20.4 Å². The summed E-state index contributed by atoms with van der Waals surface area (Å²) < 4.78 is 16.8. The highest BCUT2D eigenvalue weighted by atomic mass is 19.1. The number of nitrogens with one attached hydrogen (secondary N) is 2. The highest BCUT2D eigenvalue weighted by Crippen LogP contribution is 2.35. The van der Waals surface area contributed by atoms with Gasteiger partial charge in [-0.3, -0.25) is 9.48 Å². The van der Waals surface area contributed by atoms with Crippen molar-refractivity contribution in [1.29, 1.82) is 0 Å². The van der Waals surface area contributed by atoms with Gasteiger partial charge in [-0.1, -0.05) is 36.9 Å². The molecule has 1 aromatic heterocycles. The Bertz CT molecular complexity index is 1190. The number of hydrogen-bond donors (Lipinski definition) is 3. The molecule has 0 radical (unpaired) electrons. The molecule has 1 saturated heterocycles. The Morgan fingerprint density at radius 2 is 2.13 bits per heavy atom. The van der Waals surface area contributed by atoms with Crippen molar-refractivity contribution < 1.29 is 9.18 Å². The number of fused-ring (bicyclic) bond motifs is 3. The summed E-state index contributed by atoms with van der Waals surface area (Å²) in [6.07, 6.45) is 2.36. The van der Waals surface area contributed by atoms with E-state index in [9.17, 15) is 4.79 Å². The second kappa shape index (κ2) is 7.59. The predicted octanol–water partition coefficient (Wildman–Crippen LogP) is 2.93. The molecule has 3 aromatic rings. The Labute approximate surface area is 180 Å². The molecule has 0 spiro atoms. The first-order chi connectivity index (χ1) is 14.9. The third-order valence-electron chi connectivity index (χ3n) is 6.64. The minimum absolute atomic E-state index is 0.140. The van der Waals surface area contributed by atoms with Crippen LogP contribution in [-0.4, -0.2) is 33.9 Å². The summed E-state index contributed by atoms with van der Waals surface area (Å²) >= 11 is 0. The zero-order chi connectivity index (χ0) is 21.7. The minimum Gasteiger partial charge on any atom is -0.336 e. The molecule has 31 heavy (non-hydrogen) atoms. The molecule has 2 aliphatic rings. The fourth-order valence-electron chi connectivity index (χ4n) is 5.06. The van der Waals surface area contributed by atoms with E-state index in [-0.39, 0.29) is 11.9 Å². The molecule has 1 aliphatic heterocycles. The van der Waals surface area contributed by atoms with Gasteiger partial charge < -0.3 is 16.4 Å². The van der Waals surface area contributed by atoms with Gasteiger partial charge in [-0.15, -0.1) is 0 Å². The lowest BCUT2D eigenvalue weighted by Gasteiger charge is -2.25. The number of nitrogens with zero attached hydrogens (tertiary/aromatic N) is 2. The highest BCUT2D eigenvalue weighted by molar-refractivity contribution is 5.93. The zero-order valence-corrected chi connectivity index (χ0v) is 17.4. The smallest absolute Gasteiger partial charge is 0.238 e. The summed E-state index contributed by atoms with van der Waals surface area (Å²) in [7, 11) is 1.84. The van der Waals surface area contributed by atoms with Gasteiger partial charge in [0.2, 0.25) is 5.91 Å². The van der Waals surface area contributed by atoms with Gasteiger partial charge in [-0.2, -0.15) is 5.10 Å². The monoisotopic (exact) mass is 419 g/mol. The van der Waals surface area contributed by atoms with Crippen LogP contribution in [0.3, 0.4) is 0 Å². The molecule has 4 unspecified atom stereocenters. The van der Waals surface area contributed by atoms with Crippen molar-refractivity contribution in [2.45, 2.75) is 37.5 Å². The van der Waals surface area contributed by atoms with Crippen molar-refractivity contribution in [3.63, 3.8) is 0 Å². The van der Waals surface area contributed by atoms with Crippen LogP contribution in [0.4, 0.5) is 4.39 Å². The van der Waals surface area contributed by atoms with E-state index in [2.05, 4.69) is 22.3 Å². The third kappa shape index (κ3) is 3.43. The second-order valence-electron chi connectivity index (χ2n) is 8.61. The van der Waals surface area contributed by atoms with E-state index >= 15 is 4.39 Å². The maximum atomic E-state index is 15.1. The van der Waals surface area contributed by atoms with Crippen LogP contribution in [-0.2, 0) is 11.8 Å². The van der Waals surface area contributed by atoms with Crippen molar-refractivity contribution in [2.75, 3.05) is 0 Å². The molecule has 1 amide bonds. The SMILES string of the molecule is C=C(c1ccc(-c2c3ccccc3nn2C)cc1F)C(N)NC(=O)C1NC2CCC1C2. The number of piperidine rings is 1. The lowest BCUT2D eigenvalue weighted by atomic mass is 9.98. The zero-order valence-electron chi connectivity index (χ0n) is 17.4. The van der Waals surface area contributed by atoms with Gasteiger partial charge in [0, 0.05) is 29.6 Å². The first-order valence-electron chi connectivity index (χ1n) is 10.6. The molecule has 6 nitrogen and oxygen atoms in total. The van der Waals surface area contributed by atoms with Crippen LogP contribution in [0.1, 0.15) is 24.8 Å². The number of hydrogen-bond acceptors (Lipinski definition) is 4. The molecule has 1 aliphatic carbocycles. The van der Waals surface area contributed by atoms with Crippen LogP contribution in [0.25, 0.3) is 27.7 Å². The number of carbonyl (C=O) groups excluding carboxylic acids is 1. The molecule has 2 aromatic carbocycles. The predicted molar refractivity (Wildman–Crippen MR) is 119 cm³/mol. The normalized spacial score (nSPS) is 23.3. The molecule has 2 heterocycles. The minimum atomic E-state index is -0.855. The Kier molecular flexibility index (Phi) is 4.87. The molecule has 4 atom stereocenters. The molecular formula is C24H26FN5O. The molecule has 4 N–H and O–H groups in total. The van der Waals surface area contributed by atoms with Crippen LogP contribution in [0.2, 0.25) is 0 Å². The van der Waals surface area contributed by atoms with Gasteiger partial charge in [0.15, 0.2) is 0 Å². The van der Waals surface area contributed by atoms with Crippen LogP contribution in [0.5, 0.6) is 0 Å². The third-order valence-corrected chi connectivity index (χ3v) is 6.64. The Morgan fingerprint density at radius 3 is 2.84 bits per heavy atom. The summed E-state index contributed by atoms with van der Waals surface area (Å²) in [5, 5.41) is 11.6. The number of aryl methyl sites for hydroxylation is 1. The van der Waals surface area contributed by atoms with Crippen LogP contribution in [0.15, 0.2) is 49.0 Å². The summed E-state index contributed by atoms with van der Waals surface area (Å²) in [6.45, 7) is 3.96. The standard InChI is InChI=1S/C24H26FN5O/c1-13(23(26)28-24(31)21-14-7-9-16(11-14)27-21)17-10-8-15(12-19(17)25)22-18-5-3-4-6-20(18)29-30(22)2/h3-6,8,10,12,14,16,21,23,27H,1,7,9,11,26H2,2H3,(H,28,31). The van der Waals surface area contributed by atoms with Crippen LogP contribution >= 0.6 is 0 Å². The van der Waals surface area contributed by atoms with Crippen molar-refractivity contribution in [2.24, 2.45) is 18.7 Å². The van der Waals surface area contributed by atoms with E-state index in [1.165, 1.54) is 6.07 Å². The fourth-order valence-corrected chi connectivity index (χ4v) is 5.06. The summed E-state index contributed by atoms with van der Waals surface area (Å²) in [5.74, 6) is -0.218. The number of rotatable bonds is 5. The van der Waals surface area contributed by atoms with E-state index in [1.54, 1.807) is 10.7 Å². The number of benzene rings is 2. The van der Waals surface area contributed by atoms with Gasteiger partial charge in [0.1, 0.15) is 12.0 Å². The Balaban J connectivity index is 1.35. The van der Waals surface area contributed by atoms with Crippen LogP contribution < -0.4 is 16.4 Å². The summed E-state index contributed by atoms with van der Waals surface area (Å²) in [4.78, 5) is 12.6. The topological polar surface area (TPSA) is 85.0 Å². The first-order valence-corrected chi connectivity index (χ1v) is 10.6. The largest absolute Gasteiger partial charge is 0.336 e. The molecule has 2 fully saturated rings. The Hall–Kier alpha value is -3.03. The van der Waals surface area contributed by atoms with Crippen molar-refractivity contribution >= 4 is 22.4 Å². The molecular weight excluding hydrogens is 393 g/mol. The number of aromatic nitrogens is 2. The average Bonchev–Trinajstić information content (AvgIpc) is 3.46. The molecule has 5 rings (SSSR count). The van der Waals surface area contributed by atoms with Crippen LogP contribution in [0, 0.1) is 11.7 Å². The van der Waals surface area contributed by atoms with Gasteiger partial charge in [-0.25, -0.2) is 4.39 Å². The van der Waals surface area contributed by atoms with E-state index in [0.717, 1.165) is 35.9 Å². The summed E-state index contributed by atoms with van der Waals surface area (Å²) in [6, 6.07) is 12.9. The van der Waals surface area contributed by atoms with Gasteiger partial charge in [0.25, 0.3) is 0 Å². The van der Waals surface area contributed by atoms with Gasteiger partial charge >= 0.3 is 0 Å². The fraction of sp³-hybridized carbons (Fsp3) is 0.333. The second-order valence-corrected chi connectivity index (χ2v) is 8.61. The van der Waals surface area contributed by atoms with E-state index in [1.807, 2.05) is 37.4 Å². The molecule has 160 valence electrons. The lowest BCUT2D eigenvalue weighted by molar-refractivity contribution is -0.124. The number of carbonyl (C=O) groups is 1. The lowest BCUT2D eigenvalue weighted by Crippen LogP contribution is -2.52. The van der Waals surface area contributed by atoms with E-state index in [4.69, 9.17) is 5.73 Å². The molecule has 1 saturated carbocycles. The average molecular weight is 420 g/mol. The van der Waals surface area contributed by atoms with E-state index < -0.39 is 12.0 Å². The Morgan fingerprint density at radius 1 is 1.32 bits per heavy atom. The quantitative estimate of drug-likeness (QED) is 0.555. The first kappa shape index (κ1) is 19.9. The van der Waals surface area contributed by atoms with Crippen molar-refractivity contribution in [3.05, 3.63) is 60.4 Å². The van der Waals surface area contributed by atoms with Gasteiger partial charge in [-0.05, 0) is 42.9 Å². The number of halogens is 1. The van der Waals surface area contributed by atoms with Gasteiger partial charge in [0.05, 0.1) is 17.3 Å². The number of amides is 1. The maximum absolute atomic E-state index is 15.1. The summed E-state index contributed by atoms with van der Waals surface area (Å²) in [5.41, 5.74) is 9.22. The molecule has 2 bridgehead atoms. The van der Waals surface area contributed by atoms with E-state index in [0.29, 0.717) is 28.7 Å².